The summed E-state index contributed by atoms with van der Waals surface area (Å²) in [5.74, 6) is -0.385. The zero-order valence-electron chi connectivity index (χ0n) is 12.4. The molecule has 0 aromatic heterocycles. The van der Waals surface area contributed by atoms with E-state index in [9.17, 15) is 4.79 Å². The third-order valence-electron chi connectivity index (χ3n) is 3.18. The van der Waals surface area contributed by atoms with Gasteiger partial charge < -0.3 is 15.3 Å². The van der Waals surface area contributed by atoms with Gasteiger partial charge in [-0.05, 0) is 50.7 Å². The van der Waals surface area contributed by atoms with Crippen molar-refractivity contribution in [3.05, 3.63) is 29.3 Å². The molecule has 1 unspecified atom stereocenters. The number of likely N-dealkylation sites (N-methyl/N-ethyl adjacent to an activating group) is 1. The van der Waals surface area contributed by atoms with Gasteiger partial charge in [0, 0.05) is 18.3 Å². The van der Waals surface area contributed by atoms with Crippen LogP contribution in [-0.4, -0.2) is 42.7 Å². The molecule has 1 atom stereocenters. The molecule has 1 aromatic carbocycles. The molecule has 106 valence electrons. The highest BCUT2D eigenvalue weighted by molar-refractivity contribution is 5.88. The molecule has 1 rings (SSSR count). The monoisotopic (exact) mass is 264 g/mol. The number of nitrogens with one attached hydrogen (secondary N) is 1. The van der Waals surface area contributed by atoms with Gasteiger partial charge in [-0.1, -0.05) is 13.8 Å². The maximum absolute atomic E-state index is 10.9. The lowest BCUT2D eigenvalue weighted by Gasteiger charge is -2.27. The van der Waals surface area contributed by atoms with Gasteiger partial charge >= 0.3 is 5.97 Å². The maximum Gasteiger partial charge on any atom is 0.335 e. The molecule has 4 nitrogen and oxygen atoms in total. The van der Waals surface area contributed by atoms with Crippen molar-refractivity contribution >= 4 is 11.7 Å². The van der Waals surface area contributed by atoms with Crippen LogP contribution in [0.15, 0.2) is 18.2 Å². The molecular weight excluding hydrogens is 240 g/mol. The Bertz CT molecular complexity index is 442. The van der Waals surface area contributed by atoms with E-state index in [4.69, 9.17) is 5.11 Å². The van der Waals surface area contributed by atoms with Gasteiger partial charge in [-0.3, -0.25) is 0 Å². The van der Waals surface area contributed by atoms with Crippen molar-refractivity contribution in [1.82, 2.24) is 4.90 Å². The molecule has 0 saturated carbocycles. The summed E-state index contributed by atoms with van der Waals surface area (Å²) in [7, 11) is 4.11. The second kappa shape index (κ2) is 6.57. The topological polar surface area (TPSA) is 52.6 Å². The first kappa shape index (κ1) is 15.5. The van der Waals surface area contributed by atoms with Crippen molar-refractivity contribution in [2.24, 2.45) is 5.92 Å². The van der Waals surface area contributed by atoms with Crippen LogP contribution in [0.3, 0.4) is 0 Å². The van der Waals surface area contributed by atoms with Crippen molar-refractivity contribution in [3.63, 3.8) is 0 Å². The second-order valence-electron chi connectivity index (χ2n) is 5.59. The van der Waals surface area contributed by atoms with Crippen LogP contribution in [0, 0.1) is 12.8 Å². The summed E-state index contributed by atoms with van der Waals surface area (Å²) in [6, 6.07) is 5.54. The average molecular weight is 264 g/mol. The summed E-state index contributed by atoms with van der Waals surface area (Å²) in [5.41, 5.74) is 2.30. The Kier molecular flexibility index (Phi) is 5.36. The summed E-state index contributed by atoms with van der Waals surface area (Å²) in [6.45, 7) is 7.24. The smallest absolute Gasteiger partial charge is 0.335 e. The summed E-state index contributed by atoms with van der Waals surface area (Å²) in [6.07, 6.45) is 0. The molecule has 0 aliphatic rings. The van der Waals surface area contributed by atoms with Crippen molar-refractivity contribution < 1.29 is 9.90 Å². The number of hydrogen-bond acceptors (Lipinski definition) is 3. The maximum atomic E-state index is 10.9. The average Bonchev–Trinajstić information content (AvgIpc) is 2.29. The molecule has 4 heteroatoms. The summed E-state index contributed by atoms with van der Waals surface area (Å²) < 4.78 is 0. The molecule has 0 fully saturated rings. The lowest BCUT2D eigenvalue weighted by Crippen LogP contribution is -2.36. The number of carbonyl (C=O) groups is 1. The van der Waals surface area contributed by atoms with E-state index in [0.717, 1.165) is 17.8 Å². The number of anilines is 1. The predicted octanol–water partition coefficient (Wildman–Crippen LogP) is 2.69. The Morgan fingerprint density at radius 3 is 2.42 bits per heavy atom. The fourth-order valence-electron chi connectivity index (χ4n) is 1.97. The number of hydrogen-bond donors (Lipinski definition) is 2. The Hall–Kier alpha value is -1.55. The van der Waals surface area contributed by atoms with Crippen LogP contribution in [0.1, 0.15) is 29.8 Å². The van der Waals surface area contributed by atoms with Gasteiger partial charge in [0.2, 0.25) is 0 Å². The van der Waals surface area contributed by atoms with E-state index >= 15 is 0 Å². The minimum atomic E-state index is -0.886. The fourth-order valence-corrected chi connectivity index (χ4v) is 1.97. The van der Waals surface area contributed by atoms with E-state index in [1.54, 1.807) is 12.1 Å². The lowest BCUT2D eigenvalue weighted by molar-refractivity contribution is 0.0697. The molecule has 0 aliphatic carbocycles. The molecule has 0 saturated heterocycles. The minimum absolute atomic E-state index is 0.330. The van der Waals surface area contributed by atoms with E-state index in [-0.39, 0.29) is 0 Å². The Labute approximate surface area is 115 Å². The standard InChI is InChI=1S/C15H24N2O2/c1-10(2)14(9-17(4)5)16-13-7-6-12(15(18)19)8-11(13)3/h6-8,10,14,16H,9H2,1-5H3,(H,18,19). The predicted molar refractivity (Wildman–Crippen MR) is 78.9 cm³/mol. The zero-order valence-corrected chi connectivity index (χ0v) is 12.4. The fraction of sp³-hybridized carbons (Fsp3) is 0.533. The highest BCUT2D eigenvalue weighted by Gasteiger charge is 2.15. The number of aromatic carboxylic acids is 1. The van der Waals surface area contributed by atoms with Crippen LogP contribution in [0.2, 0.25) is 0 Å². The van der Waals surface area contributed by atoms with E-state index in [2.05, 4.69) is 38.2 Å². The van der Waals surface area contributed by atoms with Crippen LogP contribution >= 0.6 is 0 Å². The van der Waals surface area contributed by atoms with Crippen LogP contribution in [0.5, 0.6) is 0 Å². The highest BCUT2D eigenvalue weighted by Crippen LogP contribution is 2.19. The quantitative estimate of drug-likeness (QED) is 0.829. The SMILES string of the molecule is Cc1cc(C(=O)O)ccc1NC(CN(C)C)C(C)C. The summed E-state index contributed by atoms with van der Waals surface area (Å²) in [4.78, 5) is 13.1. The zero-order chi connectivity index (χ0) is 14.6. The molecule has 19 heavy (non-hydrogen) atoms. The molecule has 0 aliphatic heterocycles. The number of carboxylic acids is 1. The van der Waals surface area contributed by atoms with E-state index in [0.29, 0.717) is 17.5 Å². The number of benzene rings is 1. The molecule has 0 spiro atoms. The van der Waals surface area contributed by atoms with Crippen molar-refractivity contribution in [1.29, 1.82) is 0 Å². The number of aryl methyl sites for hydroxylation is 1. The largest absolute Gasteiger partial charge is 0.478 e. The molecule has 0 amide bonds. The number of nitrogens with zero attached hydrogens (tertiary/aromatic N) is 1. The Morgan fingerprint density at radius 2 is 2.00 bits per heavy atom. The molecule has 0 bridgehead atoms. The van der Waals surface area contributed by atoms with Crippen LogP contribution < -0.4 is 5.32 Å². The summed E-state index contributed by atoms with van der Waals surface area (Å²) in [5, 5.41) is 12.5. The van der Waals surface area contributed by atoms with Gasteiger partial charge in [0.15, 0.2) is 0 Å². The lowest BCUT2D eigenvalue weighted by atomic mass is 10.0. The van der Waals surface area contributed by atoms with Crippen LogP contribution in [0.4, 0.5) is 5.69 Å². The van der Waals surface area contributed by atoms with Crippen molar-refractivity contribution in [2.45, 2.75) is 26.8 Å². The van der Waals surface area contributed by atoms with E-state index < -0.39 is 5.97 Å². The van der Waals surface area contributed by atoms with Crippen molar-refractivity contribution in [3.8, 4) is 0 Å². The normalized spacial score (nSPS) is 12.8. The molecular formula is C15H24N2O2. The molecule has 0 radical (unpaired) electrons. The Balaban J connectivity index is 2.88. The van der Waals surface area contributed by atoms with Gasteiger partial charge in [-0.15, -0.1) is 0 Å². The van der Waals surface area contributed by atoms with Gasteiger partial charge in [-0.2, -0.15) is 0 Å². The molecule has 1 aromatic rings. The van der Waals surface area contributed by atoms with Crippen LogP contribution in [-0.2, 0) is 0 Å². The van der Waals surface area contributed by atoms with Gasteiger partial charge in [0.25, 0.3) is 0 Å². The first-order valence-corrected chi connectivity index (χ1v) is 6.56. The first-order chi connectivity index (χ1) is 8.81. The Morgan fingerprint density at radius 1 is 1.37 bits per heavy atom. The second-order valence-corrected chi connectivity index (χ2v) is 5.59. The highest BCUT2D eigenvalue weighted by atomic mass is 16.4. The van der Waals surface area contributed by atoms with Crippen molar-refractivity contribution in [2.75, 3.05) is 26.0 Å². The summed E-state index contributed by atoms with van der Waals surface area (Å²) >= 11 is 0. The first-order valence-electron chi connectivity index (χ1n) is 6.56. The third-order valence-corrected chi connectivity index (χ3v) is 3.18. The number of rotatable bonds is 6. The van der Waals surface area contributed by atoms with E-state index in [1.165, 1.54) is 0 Å². The minimum Gasteiger partial charge on any atom is -0.478 e. The molecule has 0 heterocycles. The third kappa shape index (κ3) is 4.56. The van der Waals surface area contributed by atoms with Gasteiger partial charge in [0.1, 0.15) is 0 Å². The van der Waals surface area contributed by atoms with Gasteiger partial charge in [0.05, 0.1) is 5.56 Å². The molecule has 2 N–H and O–H groups in total. The van der Waals surface area contributed by atoms with Crippen LogP contribution in [0.25, 0.3) is 0 Å². The van der Waals surface area contributed by atoms with Gasteiger partial charge in [-0.25, -0.2) is 4.79 Å². The van der Waals surface area contributed by atoms with E-state index in [1.807, 2.05) is 13.0 Å². The number of carboxylic acid groups (broad SMARTS) is 1.